The van der Waals surface area contributed by atoms with Crippen molar-refractivity contribution < 1.29 is 9.18 Å². The number of halogens is 1. The average Bonchev–Trinajstić information content (AvgIpc) is 3.35. The SMILES string of the molecule is O=C(c1ccsc1)N1CCc2c([nH]c3ccccc23)[C@H]1c1ccc(F)cc1. The van der Waals surface area contributed by atoms with Crippen LogP contribution in [0, 0.1) is 5.82 Å². The Balaban J connectivity index is 1.68. The van der Waals surface area contributed by atoms with Crippen molar-refractivity contribution in [2.45, 2.75) is 12.5 Å². The molecule has 0 saturated carbocycles. The second-order valence-corrected chi connectivity index (χ2v) is 7.56. The Morgan fingerprint density at radius 1 is 1.11 bits per heavy atom. The molecule has 134 valence electrons. The zero-order valence-electron chi connectivity index (χ0n) is 14.5. The van der Waals surface area contributed by atoms with E-state index in [0.29, 0.717) is 12.1 Å². The number of amides is 1. The lowest BCUT2D eigenvalue weighted by atomic mass is 9.92. The van der Waals surface area contributed by atoms with Crippen molar-refractivity contribution in [3.63, 3.8) is 0 Å². The van der Waals surface area contributed by atoms with E-state index in [1.165, 1.54) is 34.4 Å². The third-order valence-corrected chi connectivity index (χ3v) is 5.93. The van der Waals surface area contributed by atoms with E-state index >= 15 is 0 Å². The number of para-hydroxylation sites is 1. The number of nitrogens with zero attached hydrogens (tertiary/aromatic N) is 1. The fraction of sp³-hybridized carbons (Fsp3) is 0.136. The Hall–Kier alpha value is -2.92. The third-order valence-electron chi connectivity index (χ3n) is 5.25. The van der Waals surface area contributed by atoms with Crippen LogP contribution in [0.3, 0.4) is 0 Å². The number of fused-ring (bicyclic) bond motifs is 3. The number of thiophene rings is 1. The van der Waals surface area contributed by atoms with Gasteiger partial charge in [-0.25, -0.2) is 4.39 Å². The van der Waals surface area contributed by atoms with E-state index in [1.54, 1.807) is 12.1 Å². The number of hydrogen-bond donors (Lipinski definition) is 1. The molecule has 0 unspecified atom stereocenters. The number of H-pyrrole nitrogens is 1. The van der Waals surface area contributed by atoms with Crippen molar-refractivity contribution in [1.82, 2.24) is 9.88 Å². The molecular weight excluding hydrogens is 359 g/mol. The Morgan fingerprint density at radius 3 is 2.70 bits per heavy atom. The first-order chi connectivity index (χ1) is 13.2. The highest BCUT2D eigenvalue weighted by atomic mass is 32.1. The van der Waals surface area contributed by atoms with E-state index in [4.69, 9.17) is 0 Å². The van der Waals surface area contributed by atoms with E-state index in [1.807, 2.05) is 33.9 Å². The first-order valence-corrected chi connectivity index (χ1v) is 9.85. The predicted molar refractivity (Wildman–Crippen MR) is 106 cm³/mol. The zero-order valence-corrected chi connectivity index (χ0v) is 15.3. The summed E-state index contributed by atoms with van der Waals surface area (Å²) in [6, 6.07) is 16.3. The van der Waals surface area contributed by atoms with E-state index in [-0.39, 0.29) is 17.8 Å². The highest BCUT2D eigenvalue weighted by Crippen LogP contribution is 2.39. The lowest BCUT2D eigenvalue weighted by Gasteiger charge is -2.36. The minimum absolute atomic E-state index is 0.00915. The summed E-state index contributed by atoms with van der Waals surface area (Å²) >= 11 is 1.52. The van der Waals surface area contributed by atoms with Crippen LogP contribution in [0.25, 0.3) is 10.9 Å². The molecule has 27 heavy (non-hydrogen) atoms. The van der Waals surface area contributed by atoms with Gasteiger partial charge < -0.3 is 9.88 Å². The molecule has 0 fully saturated rings. The maximum Gasteiger partial charge on any atom is 0.255 e. The number of hydrogen-bond acceptors (Lipinski definition) is 2. The van der Waals surface area contributed by atoms with Crippen LogP contribution in [0.2, 0.25) is 0 Å². The van der Waals surface area contributed by atoms with Crippen LogP contribution in [0.15, 0.2) is 65.4 Å². The molecule has 4 aromatic rings. The molecule has 0 saturated heterocycles. The summed E-state index contributed by atoms with van der Waals surface area (Å²) < 4.78 is 13.5. The number of aromatic nitrogens is 1. The summed E-state index contributed by atoms with van der Waals surface area (Å²) in [6.07, 6.45) is 0.799. The number of carbonyl (C=O) groups excluding carboxylic acids is 1. The van der Waals surface area contributed by atoms with Crippen molar-refractivity contribution in [3.8, 4) is 0 Å². The van der Waals surface area contributed by atoms with Gasteiger partial charge in [0.2, 0.25) is 0 Å². The van der Waals surface area contributed by atoms with Crippen molar-refractivity contribution in [1.29, 1.82) is 0 Å². The number of aromatic amines is 1. The van der Waals surface area contributed by atoms with E-state index in [2.05, 4.69) is 17.1 Å². The van der Waals surface area contributed by atoms with Gasteiger partial charge in [0, 0.05) is 28.5 Å². The Morgan fingerprint density at radius 2 is 1.93 bits per heavy atom. The van der Waals surface area contributed by atoms with Gasteiger partial charge in [-0.1, -0.05) is 30.3 Å². The van der Waals surface area contributed by atoms with E-state index in [0.717, 1.165) is 23.2 Å². The molecule has 1 amide bonds. The van der Waals surface area contributed by atoms with Crippen LogP contribution in [0.4, 0.5) is 4.39 Å². The minimum Gasteiger partial charge on any atom is -0.356 e. The summed E-state index contributed by atoms with van der Waals surface area (Å²) in [5.41, 5.74) is 4.95. The highest BCUT2D eigenvalue weighted by molar-refractivity contribution is 7.08. The largest absolute Gasteiger partial charge is 0.356 e. The zero-order chi connectivity index (χ0) is 18.4. The molecular formula is C22H17FN2OS. The number of rotatable bonds is 2. The van der Waals surface area contributed by atoms with Gasteiger partial charge in [-0.3, -0.25) is 4.79 Å². The number of carbonyl (C=O) groups is 1. The van der Waals surface area contributed by atoms with E-state index < -0.39 is 0 Å². The number of benzene rings is 2. The van der Waals surface area contributed by atoms with Gasteiger partial charge in [-0.2, -0.15) is 11.3 Å². The van der Waals surface area contributed by atoms with Crippen molar-refractivity contribution in [3.05, 3.63) is 93.6 Å². The van der Waals surface area contributed by atoms with Crippen molar-refractivity contribution >= 4 is 28.1 Å². The monoisotopic (exact) mass is 376 g/mol. The summed E-state index contributed by atoms with van der Waals surface area (Å²) in [4.78, 5) is 18.6. The van der Waals surface area contributed by atoms with Gasteiger partial charge in [-0.05, 0) is 47.2 Å². The first-order valence-electron chi connectivity index (χ1n) is 8.90. The van der Waals surface area contributed by atoms with Gasteiger partial charge in [0.05, 0.1) is 11.6 Å². The Kier molecular flexibility index (Phi) is 3.83. The predicted octanol–water partition coefficient (Wildman–Crippen LogP) is 5.16. The highest BCUT2D eigenvalue weighted by Gasteiger charge is 2.35. The summed E-state index contributed by atoms with van der Waals surface area (Å²) in [5, 5.41) is 4.99. The fourth-order valence-corrected chi connectivity index (χ4v) is 4.63. The van der Waals surface area contributed by atoms with E-state index in [9.17, 15) is 9.18 Å². The Labute approximate surface area is 160 Å². The molecule has 1 aliphatic rings. The van der Waals surface area contributed by atoms with Crippen LogP contribution in [-0.2, 0) is 6.42 Å². The summed E-state index contributed by atoms with van der Waals surface area (Å²) in [5.74, 6) is -0.267. The smallest absolute Gasteiger partial charge is 0.255 e. The normalized spacial score (nSPS) is 16.5. The third kappa shape index (κ3) is 2.66. The summed E-state index contributed by atoms with van der Waals surface area (Å²) in [6.45, 7) is 0.631. The van der Waals surface area contributed by atoms with Crippen LogP contribution in [-0.4, -0.2) is 22.3 Å². The molecule has 3 nitrogen and oxygen atoms in total. The van der Waals surface area contributed by atoms with Gasteiger partial charge >= 0.3 is 0 Å². The van der Waals surface area contributed by atoms with Gasteiger partial charge in [0.25, 0.3) is 5.91 Å². The Bertz CT molecular complexity index is 1120. The lowest BCUT2D eigenvalue weighted by Crippen LogP contribution is -2.40. The second kappa shape index (κ2) is 6.35. The summed E-state index contributed by atoms with van der Waals surface area (Å²) in [7, 11) is 0. The molecule has 2 aromatic carbocycles. The molecule has 1 N–H and O–H groups in total. The van der Waals surface area contributed by atoms with Gasteiger partial charge in [-0.15, -0.1) is 0 Å². The van der Waals surface area contributed by atoms with Gasteiger partial charge in [0.1, 0.15) is 5.82 Å². The quantitative estimate of drug-likeness (QED) is 0.516. The number of nitrogens with one attached hydrogen (secondary N) is 1. The molecule has 0 bridgehead atoms. The van der Waals surface area contributed by atoms with Crippen LogP contribution in [0.1, 0.15) is 33.2 Å². The minimum atomic E-state index is -0.276. The molecule has 5 rings (SSSR count). The van der Waals surface area contributed by atoms with Crippen LogP contribution in [0.5, 0.6) is 0 Å². The molecule has 0 aliphatic carbocycles. The fourth-order valence-electron chi connectivity index (χ4n) is 4.00. The van der Waals surface area contributed by atoms with Crippen LogP contribution >= 0.6 is 11.3 Å². The molecule has 0 radical (unpaired) electrons. The molecule has 3 heterocycles. The van der Waals surface area contributed by atoms with Crippen LogP contribution < -0.4 is 0 Å². The molecule has 2 aromatic heterocycles. The maximum absolute atomic E-state index is 13.5. The first kappa shape index (κ1) is 16.3. The van der Waals surface area contributed by atoms with Crippen molar-refractivity contribution in [2.24, 2.45) is 0 Å². The molecule has 1 aliphatic heterocycles. The molecule has 5 heteroatoms. The average molecular weight is 376 g/mol. The lowest BCUT2D eigenvalue weighted by molar-refractivity contribution is 0.0692. The van der Waals surface area contributed by atoms with Gasteiger partial charge in [0.15, 0.2) is 0 Å². The topological polar surface area (TPSA) is 36.1 Å². The second-order valence-electron chi connectivity index (χ2n) is 6.78. The maximum atomic E-state index is 13.5. The molecule has 0 spiro atoms. The van der Waals surface area contributed by atoms with Crippen molar-refractivity contribution in [2.75, 3.05) is 6.54 Å². The molecule has 1 atom stereocenters. The standard InChI is InChI=1S/C22H17FN2OS/c23-16-7-5-14(6-8-16)21-20-18(17-3-1-2-4-19(17)24-20)9-11-25(21)22(26)15-10-12-27-13-15/h1-8,10,12-13,21,24H,9,11H2/t21-/m1/s1.